The second-order valence-electron chi connectivity index (χ2n) is 7.50. The highest BCUT2D eigenvalue weighted by molar-refractivity contribution is 5.94. The Balaban J connectivity index is 1.73. The van der Waals surface area contributed by atoms with Crippen molar-refractivity contribution < 1.29 is 27.5 Å². The van der Waals surface area contributed by atoms with Crippen molar-refractivity contribution in [2.75, 3.05) is 11.9 Å². The number of pyridine rings is 2. The fraction of sp³-hybridized carbons (Fsp3) is 0.217. The number of nitrogens with one attached hydrogen (secondary N) is 2. The Morgan fingerprint density at radius 1 is 1.06 bits per heavy atom. The van der Waals surface area contributed by atoms with Crippen molar-refractivity contribution in [3.05, 3.63) is 83.4 Å². The normalized spacial score (nSPS) is 17.5. The molecule has 0 aliphatic carbocycles. The molecule has 0 fully saturated rings. The summed E-state index contributed by atoms with van der Waals surface area (Å²) < 4.78 is 45.0. The SMILES string of the molecule is CC(=O)Nc1ccc(C(=O)N[C@]2(c3ccc(C(F)(F)F)cc3)CCOc3cccnc32)nc1. The Morgan fingerprint density at radius 3 is 2.45 bits per heavy atom. The van der Waals surface area contributed by atoms with Crippen LogP contribution >= 0.6 is 0 Å². The summed E-state index contributed by atoms with van der Waals surface area (Å²) in [5.41, 5.74) is -0.708. The molecule has 2 amide bonds. The number of carbonyl (C=O) groups is 2. The lowest BCUT2D eigenvalue weighted by Gasteiger charge is -2.39. The van der Waals surface area contributed by atoms with Gasteiger partial charge in [0.05, 0.1) is 24.1 Å². The zero-order valence-electron chi connectivity index (χ0n) is 17.4. The van der Waals surface area contributed by atoms with E-state index in [1.165, 1.54) is 43.6 Å². The van der Waals surface area contributed by atoms with E-state index in [-0.39, 0.29) is 24.6 Å². The van der Waals surface area contributed by atoms with Crippen LogP contribution in [0.2, 0.25) is 0 Å². The van der Waals surface area contributed by atoms with Crippen LogP contribution in [0.25, 0.3) is 0 Å². The lowest BCUT2D eigenvalue weighted by molar-refractivity contribution is -0.137. The van der Waals surface area contributed by atoms with E-state index in [9.17, 15) is 22.8 Å². The quantitative estimate of drug-likeness (QED) is 0.621. The lowest BCUT2D eigenvalue weighted by Crippen LogP contribution is -2.50. The standard InChI is InChI=1S/C23H19F3N4O3/c1-14(31)29-17-8-9-18(28-13-17)21(32)30-22(10-12-33-19-3-2-11-27-20(19)22)15-4-6-16(7-5-15)23(24,25)26/h2-9,11,13H,10,12H2,1H3,(H,29,31)(H,30,32)/t22-/m0/s1. The van der Waals surface area contributed by atoms with Crippen molar-refractivity contribution in [2.45, 2.75) is 25.1 Å². The van der Waals surface area contributed by atoms with Gasteiger partial charge in [-0.15, -0.1) is 0 Å². The molecule has 1 aromatic carbocycles. The van der Waals surface area contributed by atoms with Gasteiger partial charge < -0.3 is 15.4 Å². The average molecular weight is 456 g/mol. The van der Waals surface area contributed by atoms with Crippen LogP contribution in [0.3, 0.4) is 0 Å². The minimum atomic E-state index is -4.49. The minimum Gasteiger partial charge on any atom is -0.491 e. The largest absolute Gasteiger partial charge is 0.491 e. The predicted octanol–water partition coefficient (Wildman–Crippen LogP) is 3.91. The summed E-state index contributed by atoms with van der Waals surface area (Å²) in [4.78, 5) is 32.8. The van der Waals surface area contributed by atoms with E-state index in [1.54, 1.807) is 12.1 Å². The molecule has 1 atom stereocenters. The third-order valence-corrected chi connectivity index (χ3v) is 5.26. The third kappa shape index (κ3) is 4.50. The van der Waals surface area contributed by atoms with Crippen LogP contribution < -0.4 is 15.4 Å². The van der Waals surface area contributed by atoms with Crippen molar-refractivity contribution in [1.82, 2.24) is 15.3 Å². The Bertz CT molecular complexity index is 1180. The Kier molecular flexibility index (Phi) is 5.75. The van der Waals surface area contributed by atoms with Crippen LogP contribution in [0.4, 0.5) is 18.9 Å². The van der Waals surface area contributed by atoms with Crippen molar-refractivity contribution in [1.29, 1.82) is 0 Å². The number of aromatic nitrogens is 2. The molecule has 7 nitrogen and oxygen atoms in total. The van der Waals surface area contributed by atoms with Gasteiger partial charge in [0, 0.05) is 19.5 Å². The number of hydrogen-bond acceptors (Lipinski definition) is 5. The molecule has 4 rings (SSSR count). The maximum atomic E-state index is 13.2. The Morgan fingerprint density at radius 2 is 1.82 bits per heavy atom. The van der Waals surface area contributed by atoms with Crippen LogP contribution in [0.5, 0.6) is 5.75 Å². The summed E-state index contributed by atoms with van der Waals surface area (Å²) in [5, 5.41) is 5.49. The molecule has 2 N–H and O–H groups in total. The van der Waals surface area contributed by atoms with Gasteiger partial charge in [-0.05, 0) is 42.0 Å². The molecule has 0 bridgehead atoms. The smallest absolute Gasteiger partial charge is 0.416 e. The number of fused-ring (bicyclic) bond motifs is 1. The van der Waals surface area contributed by atoms with Crippen molar-refractivity contribution >= 4 is 17.5 Å². The van der Waals surface area contributed by atoms with Crippen LogP contribution in [-0.4, -0.2) is 28.4 Å². The number of anilines is 1. The second kappa shape index (κ2) is 8.53. The first-order valence-electron chi connectivity index (χ1n) is 10.0. The zero-order valence-corrected chi connectivity index (χ0v) is 17.4. The van der Waals surface area contributed by atoms with Crippen molar-refractivity contribution in [3.63, 3.8) is 0 Å². The number of amides is 2. The molecule has 3 aromatic rings. The number of halogens is 3. The molecule has 0 saturated heterocycles. The molecule has 1 aliphatic heterocycles. The van der Waals surface area contributed by atoms with Crippen molar-refractivity contribution in [3.8, 4) is 5.75 Å². The summed E-state index contributed by atoms with van der Waals surface area (Å²) >= 11 is 0. The molecule has 0 spiro atoms. The Labute approximate surface area is 187 Å². The molecule has 3 heterocycles. The summed E-state index contributed by atoms with van der Waals surface area (Å²) in [6.07, 6.45) is -1.37. The predicted molar refractivity (Wildman–Crippen MR) is 113 cm³/mol. The molecule has 0 radical (unpaired) electrons. The maximum absolute atomic E-state index is 13.2. The van der Waals surface area contributed by atoms with E-state index in [0.29, 0.717) is 22.7 Å². The highest BCUT2D eigenvalue weighted by Gasteiger charge is 2.43. The lowest BCUT2D eigenvalue weighted by atomic mass is 9.81. The molecular formula is C23H19F3N4O3. The fourth-order valence-electron chi connectivity index (χ4n) is 3.74. The van der Waals surface area contributed by atoms with Crippen LogP contribution in [0.1, 0.15) is 40.7 Å². The van der Waals surface area contributed by atoms with Gasteiger partial charge in [0.2, 0.25) is 5.91 Å². The number of nitrogens with zero attached hydrogens (tertiary/aromatic N) is 2. The number of benzene rings is 1. The highest BCUT2D eigenvalue weighted by Crippen LogP contribution is 2.41. The molecule has 0 unspecified atom stereocenters. The van der Waals surface area contributed by atoms with E-state index in [1.807, 2.05) is 0 Å². The van der Waals surface area contributed by atoms with E-state index < -0.39 is 23.2 Å². The van der Waals surface area contributed by atoms with Crippen LogP contribution in [0, 0.1) is 0 Å². The molecule has 2 aromatic heterocycles. The van der Waals surface area contributed by atoms with Gasteiger partial charge in [0.15, 0.2) is 0 Å². The van der Waals surface area contributed by atoms with Gasteiger partial charge in [0.25, 0.3) is 5.91 Å². The van der Waals surface area contributed by atoms with Crippen LogP contribution in [0.15, 0.2) is 60.9 Å². The molecular weight excluding hydrogens is 437 g/mol. The first kappa shape index (κ1) is 22.3. The maximum Gasteiger partial charge on any atom is 0.416 e. The number of hydrogen-bond donors (Lipinski definition) is 2. The summed E-state index contributed by atoms with van der Waals surface area (Å²) in [6, 6.07) is 11.0. The Hall–Kier alpha value is -3.95. The zero-order chi connectivity index (χ0) is 23.6. The van der Waals surface area contributed by atoms with Gasteiger partial charge in [-0.1, -0.05) is 12.1 Å². The monoisotopic (exact) mass is 456 g/mol. The molecule has 33 heavy (non-hydrogen) atoms. The summed E-state index contributed by atoms with van der Waals surface area (Å²) in [7, 11) is 0. The number of rotatable bonds is 4. The van der Waals surface area contributed by atoms with Gasteiger partial charge in [-0.2, -0.15) is 13.2 Å². The third-order valence-electron chi connectivity index (χ3n) is 5.26. The second-order valence-corrected chi connectivity index (χ2v) is 7.50. The number of alkyl halides is 3. The van der Waals surface area contributed by atoms with Crippen molar-refractivity contribution in [2.24, 2.45) is 0 Å². The molecule has 10 heteroatoms. The molecule has 1 aliphatic rings. The summed E-state index contributed by atoms with van der Waals surface area (Å²) in [5.74, 6) is -0.402. The average Bonchev–Trinajstić information content (AvgIpc) is 2.79. The molecule has 170 valence electrons. The number of ether oxygens (including phenoxy) is 1. The number of carbonyl (C=O) groups excluding carboxylic acids is 2. The minimum absolute atomic E-state index is 0.0689. The fourth-order valence-corrected chi connectivity index (χ4v) is 3.74. The van der Waals surface area contributed by atoms with E-state index in [0.717, 1.165) is 12.1 Å². The van der Waals surface area contributed by atoms with Gasteiger partial charge in [-0.25, -0.2) is 4.98 Å². The summed E-state index contributed by atoms with van der Waals surface area (Å²) in [6.45, 7) is 1.57. The van der Waals surface area contributed by atoms with E-state index >= 15 is 0 Å². The van der Waals surface area contributed by atoms with Crippen LogP contribution in [-0.2, 0) is 16.5 Å². The first-order valence-corrected chi connectivity index (χ1v) is 10.0. The first-order chi connectivity index (χ1) is 15.7. The van der Waals surface area contributed by atoms with Gasteiger partial charge in [-0.3, -0.25) is 14.6 Å². The van der Waals surface area contributed by atoms with E-state index in [4.69, 9.17) is 4.74 Å². The highest BCUT2D eigenvalue weighted by atomic mass is 19.4. The topological polar surface area (TPSA) is 93.2 Å². The van der Waals surface area contributed by atoms with E-state index in [2.05, 4.69) is 20.6 Å². The van der Waals surface area contributed by atoms with Gasteiger partial charge in [0.1, 0.15) is 22.7 Å². The van der Waals surface area contributed by atoms with Gasteiger partial charge >= 0.3 is 6.18 Å². The molecule has 0 saturated carbocycles.